The molecule has 1 fully saturated rings. The van der Waals surface area contributed by atoms with E-state index in [0.717, 1.165) is 50.9 Å². The van der Waals surface area contributed by atoms with Crippen LogP contribution in [0.5, 0.6) is 0 Å². The van der Waals surface area contributed by atoms with Gasteiger partial charge in [-0.05, 0) is 44.9 Å². The number of nitrogens with one attached hydrogen (secondary N) is 1. The molecule has 0 saturated carbocycles. The molecule has 0 bridgehead atoms. The third-order valence-electron chi connectivity index (χ3n) is 3.79. The SMILES string of the molecule is Cc1cc(CN2CCOC(C)(C)C2)oc1CNCC(C)C. The largest absolute Gasteiger partial charge is 0.463 e. The monoisotopic (exact) mass is 294 g/mol. The van der Waals surface area contributed by atoms with Gasteiger partial charge < -0.3 is 14.5 Å². The lowest BCUT2D eigenvalue weighted by Crippen LogP contribution is -2.47. The molecule has 2 heterocycles. The molecule has 1 aromatic rings. The van der Waals surface area contributed by atoms with Crippen LogP contribution in [0.25, 0.3) is 0 Å². The first-order valence-electron chi connectivity index (χ1n) is 8.01. The quantitative estimate of drug-likeness (QED) is 0.875. The highest BCUT2D eigenvalue weighted by molar-refractivity contribution is 5.20. The Morgan fingerprint density at radius 3 is 2.81 bits per heavy atom. The number of hydrogen-bond acceptors (Lipinski definition) is 4. The van der Waals surface area contributed by atoms with Crippen molar-refractivity contribution in [1.82, 2.24) is 10.2 Å². The number of ether oxygens (including phenoxy) is 1. The first-order valence-corrected chi connectivity index (χ1v) is 8.01. The Morgan fingerprint density at radius 2 is 2.14 bits per heavy atom. The van der Waals surface area contributed by atoms with Gasteiger partial charge in [0.2, 0.25) is 0 Å². The van der Waals surface area contributed by atoms with Gasteiger partial charge in [0.05, 0.1) is 25.3 Å². The van der Waals surface area contributed by atoms with Gasteiger partial charge in [-0.15, -0.1) is 0 Å². The van der Waals surface area contributed by atoms with Gasteiger partial charge in [-0.2, -0.15) is 0 Å². The highest BCUT2D eigenvalue weighted by atomic mass is 16.5. The molecule has 21 heavy (non-hydrogen) atoms. The molecule has 120 valence electrons. The standard InChI is InChI=1S/C17H30N2O2/c1-13(2)9-18-10-16-14(3)8-15(21-16)11-19-6-7-20-17(4,5)12-19/h8,13,18H,6-7,9-12H2,1-5H3. The molecule has 4 nitrogen and oxygen atoms in total. The van der Waals surface area contributed by atoms with E-state index < -0.39 is 0 Å². The molecule has 0 atom stereocenters. The summed E-state index contributed by atoms with van der Waals surface area (Å²) in [6.45, 7) is 16.3. The van der Waals surface area contributed by atoms with E-state index >= 15 is 0 Å². The fourth-order valence-corrected chi connectivity index (χ4v) is 2.79. The summed E-state index contributed by atoms with van der Waals surface area (Å²) in [4.78, 5) is 2.41. The predicted octanol–water partition coefficient (Wildman–Crippen LogP) is 2.94. The Bertz CT molecular complexity index is 452. The van der Waals surface area contributed by atoms with Crippen molar-refractivity contribution in [2.75, 3.05) is 26.2 Å². The summed E-state index contributed by atoms with van der Waals surface area (Å²) in [6, 6.07) is 2.18. The van der Waals surface area contributed by atoms with Crippen LogP contribution in [0.4, 0.5) is 0 Å². The second-order valence-corrected chi connectivity index (χ2v) is 7.16. The van der Waals surface area contributed by atoms with Crippen LogP contribution in [0, 0.1) is 12.8 Å². The summed E-state index contributed by atoms with van der Waals surface area (Å²) < 4.78 is 11.8. The van der Waals surface area contributed by atoms with Crippen LogP contribution in [0.2, 0.25) is 0 Å². The molecule has 1 aliphatic heterocycles. The van der Waals surface area contributed by atoms with Gasteiger partial charge in [-0.25, -0.2) is 0 Å². The van der Waals surface area contributed by atoms with Gasteiger partial charge in [0.25, 0.3) is 0 Å². The predicted molar refractivity (Wildman–Crippen MR) is 85.3 cm³/mol. The van der Waals surface area contributed by atoms with E-state index in [4.69, 9.17) is 9.15 Å². The minimum atomic E-state index is -0.0540. The molecule has 1 aromatic heterocycles. The second-order valence-electron chi connectivity index (χ2n) is 7.16. The first-order chi connectivity index (χ1) is 9.85. The summed E-state index contributed by atoms with van der Waals surface area (Å²) in [5.41, 5.74) is 1.19. The van der Waals surface area contributed by atoms with Crippen LogP contribution in [0.15, 0.2) is 10.5 Å². The van der Waals surface area contributed by atoms with Crippen molar-refractivity contribution in [1.29, 1.82) is 0 Å². The third-order valence-corrected chi connectivity index (χ3v) is 3.79. The lowest BCUT2D eigenvalue weighted by molar-refractivity contribution is -0.0894. The molecule has 0 amide bonds. The van der Waals surface area contributed by atoms with Crippen molar-refractivity contribution < 1.29 is 9.15 Å². The summed E-state index contributed by atoms with van der Waals surface area (Å²) in [5.74, 6) is 2.79. The maximum atomic E-state index is 6.02. The van der Waals surface area contributed by atoms with E-state index in [9.17, 15) is 0 Å². The van der Waals surface area contributed by atoms with Gasteiger partial charge >= 0.3 is 0 Å². The molecule has 1 saturated heterocycles. The summed E-state index contributed by atoms with van der Waals surface area (Å²) >= 11 is 0. The minimum absolute atomic E-state index is 0.0540. The van der Waals surface area contributed by atoms with E-state index in [2.05, 4.69) is 50.9 Å². The Hall–Kier alpha value is -0.840. The lowest BCUT2D eigenvalue weighted by Gasteiger charge is -2.37. The highest BCUT2D eigenvalue weighted by Crippen LogP contribution is 2.21. The number of hydrogen-bond donors (Lipinski definition) is 1. The first kappa shape index (κ1) is 16.5. The molecule has 0 aromatic carbocycles. The van der Waals surface area contributed by atoms with Gasteiger partial charge in [-0.3, -0.25) is 4.90 Å². The molecule has 4 heteroatoms. The van der Waals surface area contributed by atoms with Gasteiger partial charge in [0.1, 0.15) is 11.5 Å². The van der Waals surface area contributed by atoms with E-state index in [0.29, 0.717) is 5.92 Å². The molecule has 0 unspecified atom stereocenters. The Morgan fingerprint density at radius 1 is 1.38 bits per heavy atom. The van der Waals surface area contributed by atoms with Crippen molar-refractivity contribution >= 4 is 0 Å². The third kappa shape index (κ3) is 5.13. The van der Waals surface area contributed by atoms with E-state index in [1.54, 1.807) is 0 Å². The Balaban J connectivity index is 1.89. The Kier molecular flexibility index (Phi) is 5.47. The Labute approximate surface area is 128 Å². The molecule has 1 N–H and O–H groups in total. The van der Waals surface area contributed by atoms with Crippen LogP contribution < -0.4 is 5.32 Å². The zero-order valence-electron chi connectivity index (χ0n) is 14.2. The molecule has 1 aliphatic rings. The van der Waals surface area contributed by atoms with Gasteiger partial charge in [0, 0.05) is 13.1 Å². The van der Waals surface area contributed by atoms with E-state index in [-0.39, 0.29) is 5.60 Å². The van der Waals surface area contributed by atoms with Crippen LogP contribution in [-0.2, 0) is 17.8 Å². The van der Waals surface area contributed by atoms with Gasteiger partial charge in [-0.1, -0.05) is 13.8 Å². The van der Waals surface area contributed by atoms with Crippen LogP contribution >= 0.6 is 0 Å². The average molecular weight is 294 g/mol. The van der Waals surface area contributed by atoms with Crippen LogP contribution in [0.1, 0.15) is 44.8 Å². The van der Waals surface area contributed by atoms with Crippen LogP contribution in [0.3, 0.4) is 0 Å². The molecule has 0 aliphatic carbocycles. The normalized spacial score (nSPS) is 19.3. The average Bonchev–Trinajstić information content (AvgIpc) is 2.68. The lowest BCUT2D eigenvalue weighted by atomic mass is 10.1. The van der Waals surface area contributed by atoms with Crippen molar-refractivity contribution in [3.05, 3.63) is 23.2 Å². The zero-order valence-corrected chi connectivity index (χ0v) is 14.2. The smallest absolute Gasteiger partial charge is 0.120 e. The molecule has 2 rings (SSSR count). The maximum Gasteiger partial charge on any atom is 0.120 e. The van der Waals surface area contributed by atoms with Crippen LogP contribution in [-0.4, -0.2) is 36.7 Å². The van der Waals surface area contributed by atoms with E-state index in [1.807, 2.05) is 0 Å². The summed E-state index contributed by atoms with van der Waals surface area (Å²) in [5, 5.41) is 3.44. The fourth-order valence-electron chi connectivity index (χ4n) is 2.79. The summed E-state index contributed by atoms with van der Waals surface area (Å²) in [7, 11) is 0. The fraction of sp³-hybridized carbons (Fsp3) is 0.765. The van der Waals surface area contributed by atoms with Crippen molar-refractivity contribution in [2.45, 2.75) is 53.3 Å². The molecular weight excluding hydrogens is 264 g/mol. The molecule has 0 radical (unpaired) electrons. The maximum absolute atomic E-state index is 6.02. The van der Waals surface area contributed by atoms with E-state index in [1.165, 1.54) is 5.56 Å². The number of aryl methyl sites for hydroxylation is 1. The number of rotatable bonds is 6. The van der Waals surface area contributed by atoms with Crippen molar-refractivity contribution in [3.8, 4) is 0 Å². The van der Waals surface area contributed by atoms with Crippen molar-refractivity contribution in [2.24, 2.45) is 5.92 Å². The number of morpholine rings is 1. The van der Waals surface area contributed by atoms with Crippen molar-refractivity contribution in [3.63, 3.8) is 0 Å². The summed E-state index contributed by atoms with van der Waals surface area (Å²) in [6.07, 6.45) is 0. The highest BCUT2D eigenvalue weighted by Gasteiger charge is 2.27. The molecular formula is C17H30N2O2. The number of furan rings is 1. The topological polar surface area (TPSA) is 37.6 Å². The minimum Gasteiger partial charge on any atom is -0.463 e. The zero-order chi connectivity index (χ0) is 15.5. The number of nitrogens with zero attached hydrogens (tertiary/aromatic N) is 1. The van der Waals surface area contributed by atoms with Gasteiger partial charge in [0.15, 0.2) is 0 Å². The second kappa shape index (κ2) is 6.95. The molecule has 0 spiro atoms.